The highest BCUT2D eigenvalue weighted by molar-refractivity contribution is 5.81. The van der Waals surface area contributed by atoms with Crippen LogP contribution in [0.4, 0.5) is 0 Å². The van der Waals surface area contributed by atoms with Crippen LogP contribution in [0, 0.1) is 0 Å². The van der Waals surface area contributed by atoms with Crippen LogP contribution in [0.1, 0.15) is 5.56 Å². The largest absolute Gasteiger partial charge is 0.489 e. The van der Waals surface area contributed by atoms with Crippen LogP contribution in [-0.4, -0.2) is 4.98 Å². The minimum atomic E-state index is 0.518. The van der Waals surface area contributed by atoms with Gasteiger partial charge in [0.05, 0.1) is 6.26 Å². The van der Waals surface area contributed by atoms with E-state index in [9.17, 15) is 0 Å². The molecular formula is C24H17NO3. The summed E-state index contributed by atoms with van der Waals surface area (Å²) in [7, 11) is 0. The van der Waals surface area contributed by atoms with E-state index in [1.165, 1.54) is 0 Å². The quantitative estimate of drug-likeness (QED) is 0.364. The summed E-state index contributed by atoms with van der Waals surface area (Å²) in [5.74, 6) is 2.15. The van der Waals surface area contributed by atoms with Crippen LogP contribution in [0.15, 0.2) is 100 Å². The van der Waals surface area contributed by atoms with Gasteiger partial charge in [0.25, 0.3) is 0 Å². The molecule has 0 saturated heterocycles. The number of benzene rings is 3. The minimum absolute atomic E-state index is 0.518. The molecule has 136 valence electrons. The SMILES string of the molecule is c1ccc(COc2cccc(-c3nc4ccc(-c5ccco5)cc4o3)c2)cc1. The van der Waals surface area contributed by atoms with Gasteiger partial charge in [0.2, 0.25) is 5.89 Å². The van der Waals surface area contributed by atoms with E-state index in [0.717, 1.165) is 39.3 Å². The monoisotopic (exact) mass is 367 g/mol. The Morgan fingerprint density at radius 2 is 1.71 bits per heavy atom. The molecule has 2 heterocycles. The lowest BCUT2D eigenvalue weighted by Gasteiger charge is -2.07. The van der Waals surface area contributed by atoms with E-state index in [0.29, 0.717) is 12.5 Å². The Morgan fingerprint density at radius 3 is 2.57 bits per heavy atom. The Bertz CT molecular complexity index is 1210. The number of hydrogen-bond donors (Lipinski definition) is 0. The molecule has 0 aliphatic rings. The number of rotatable bonds is 5. The zero-order valence-electron chi connectivity index (χ0n) is 15.0. The summed E-state index contributed by atoms with van der Waals surface area (Å²) in [5.41, 5.74) is 4.49. The third-order valence-electron chi connectivity index (χ3n) is 4.52. The predicted molar refractivity (Wildman–Crippen MR) is 108 cm³/mol. The molecule has 0 spiro atoms. The van der Waals surface area contributed by atoms with Crippen molar-refractivity contribution in [2.45, 2.75) is 6.61 Å². The maximum Gasteiger partial charge on any atom is 0.227 e. The molecule has 0 aliphatic carbocycles. The zero-order chi connectivity index (χ0) is 18.8. The standard InChI is InChI=1S/C24H17NO3/c1-2-6-17(7-3-1)16-27-20-9-4-8-19(14-20)24-25-21-12-11-18(15-23(21)28-24)22-10-5-13-26-22/h1-15H,16H2. The molecule has 3 aromatic carbocycles. The summed E-state index contributed by atoms with van der Waals surface area (Å²) in [4.78, 5) is 4.61. The van der Waals surface area contributed by atoms with Crippen molar-refractivity contribution in [3.8, 4) is 28.5 Å². The first kappa shape index (κ1) is 16.4. The van der Waals surface area contributed by atoms with Crippen molar-refractivity contribution >= 4 is 11.1 Å². The fourth-order valence-corrected chi connectivity index (χ4v) is 3.10. The maximum atomic E-state index is 6.00. The second-order valence-electron chi connectivity index (χ2n) is 6.48. The van der Waals surface area contributed by atoms with Crippen molar-refractivity contribution in [1.29, 1.82) is 0 Å². The van der Waals surface area contributed by atoms with Crippen molar-refractivity contribution < 1.29 is 13.6 Å². The zero-order valence-corrected chi connectivity index (χ0v) is 15.0. The van der Waals surface area contributed by atoms with Gasteiger partial charge >= 0.3 is 0 Å². The average Bonchev–Trinajstić information content (AvgIpc) is 3.42. The summed E-state index contributed by atoms with van der Waals surface area (Å²) in [6, 6.07) is 27.5. The van der Waals surface area contributed by atoms with E-state index in [-0.39, 0.29) is 0 Å². The normalized spacial score (nSPS) is 11.0. The molecule has 0 N–H and O–H groups in total. The Morgan fingerprint density at radius 1 is 0.786 bits per heavy atom. The lowest BCUT2D eigenvalue weighted by molar-refractivity contribution is 0.306. The van der Waals surface area contributed by atoms with Crippen LogP contribution in [-0.2, 0) is 6.61 Å². The lowest BCUT2D eigenvalue weighted by atomic mass is 10.1. The smallest absolute Gasteiger partial charge is 0.227 e. The number of hydrogen-bond acceptors (Lipinski definition) is 4. The Balaban J connectivity index is 1.41. The molecule has 0 radical (unpaired) electrons. The second-order valence-corrected chi connectivity index (χ2v) is 6.48. The van der Waals surface area contributed by atoms with E-state index in [2.05, 4.69) is 4.98 Å². The van der Waals surface area contributed by atoms with Crippen molar-refractivity contribution in [2.75, 3.05) is 0 Å². The van der Waals surface area contributed by atoms with Gasteiger partial charge in [-0.2, -0.15) is 0 Å². The third kappa shape index (κ3) is 3.28. The van der Waals surface area contributed by atoms with Crippen LogP contribution in [0.2, 0.25) is 0 Å². The van der Waals surface area contributed by atoms with Crippen LogP contribution < -0.4 is 4.74 Å². The Labute approximate surface area is 162 Å². The van der Waals surface area contributed by atoms with Crippen molar-refractivity contribution in [3.63, 3.8) is 0 Å². The van der Waals surface area contributed by atoms with Gasteiger partial charge in [-0.15, -0.1) is 0 Å². The van der Waals surface area contributed by atoms with Crippen LogP contribution >= 0.6 is 0 Å². The van der Waals surface area contributed by atoms with Gasteiger partial charge in [-0.25, -0.2) is 4.98 Å². The molecule has 0 saturated carbocycles. The molecule has 0 bridgehead atoms. The van der Waals surface area contributed by atoms with Crippen LogP contribution in [0.5, 0.6) is 5.75 Å². The first-order valence-electron chi connectivity index (χ1n) is 9.07. The number of oxazole rings is 1. The Hall–Kier alpha value is -3.79. The average molecular weight is 367 g/mol. The molecule has 0 aliphatic heterocycles. The van der Waals surface area contributed by atoms with E-state index < -0.39 is 0 Å². The van der Waals surface area contributed by atoms with Gasteiger partial charge in [0.1, 0.15) is 23.6 Å². The van der Waals surface area contributed by atoms with E-state index in [4.69, 9.17) is 13.6 Å². The molecule has 0 fully saturated rings. The molecule has 5 aromatic rings. The summed E-state index contributed by atoms with van der Waals surface area (Å²) in [6.07, 6.45) is 1.66. The number of nitrogens with zero attached hydrogens (tertiary/aromatic N) is 1. The first-order chi connectivity index (χ1) is 13.8. The number of furan rings is 1. The van der Waals surface area contributed by atoms with E-state index in [1.807, 2.05) is 84.9 Å². The van der Waals surface area contributed by atoms with E-state index >= 15 is 0 Å². The number of ether oxygens (including phenoxy) is 1. The maximum absolute atomic E-state index is 6.00. The predicted octanol–water partition coefficient (Wildman–Crippen LogP) is 6.33. The summed E-state index contributed by atoms with van der Waals surface area (Å²) in [5, 5.41) is 0. The molecule has 5 rings (SSSR count). The first-order valence-corrected chi connectivity index (χ1v) is 9.07. The van der Waals surface area contributed by atoms with Gasteiger partial charge in [-0.3, -0.25) is 0 Å². The van der Waals surface area contributed by atoms with E-state index in [1.54, 1.807) is 6.26 Å². The topological polar surface area (TPSA) is 48.4 Å². The summed E-state index contributed by atoms with van der Waals surface area (Å²) in [6.45, 7) is 0.518. The molecule has 2 aromatic heterocycles. The highest BCUT2D eigenvalue weighted by Gasteiger charge is 2.11. The van der Waals surface area contributed by atoms with Gasteiger partial charge in [-0.05, 0) is 54.1 Å². The van der Waals surface area contributed by atoms with Crippen molar-refractivity contribution in [3.05, 3.63) is 96.8 Å². The van der Waals surface area contributed by atoms with Crippen LogP contribution in [0.25, 0.3) is 33.9 Å². The molecule has 0 amide bonds. The molecule has 0 unspecified atom stereocenters. The third-order valence-corrected chi connectivity index (χ3v) is 4.52. The molecular weight excluding hydrogens is 350 g/mol. The highest BCUT2D eigenvalue weighted by Crippen LogP contribution is 2.30. The fourth-order valence-electron chi connectivity index (χ4n) is 3.10. The van der Waals surface area contributed by atoms with Gasteiger partial charge in [0, 0.05) is 11.1 Å². The van der Waals surface area contributed by atoms with Gasteiger partial charge < -0.3 is 13.6 Å². The van der Waals surface area contributed by atoms with Crippen molar-refractivity contribution in [1.82, 2.24) is 4.98 Å². The van der Waals surface area contributed by atoms with Crippen molar-refractivity contribution in [2.24, 2.45) is 0 Å². The summed E-state index contributed by atoms with van der Waals surface area (Å²) < 4.78 is 17.4. The minimum Gasteiger partial charge on any atom is -0.489 e. The Kier molecular flexibility index (Phi) is 4.14. The molecule has 4 heteroatoms. The lowest BCUT2D eigenvalue weighted by Crippen LogP contribution is -1.94. The fraction of sp³-hybridized carbons (Fsp3) is 0.0417. The second kappa shape index (κ2) is 7.08. The molecule has 0 atom stereocenters. The highest BCUT2D eigenvalue weighted by atomic mass is 16.5. The molecule has 28 heavy (non-hydrogen) atoms. The van der Waals surface area contributed by atoms with Gasteiger partial charge in [0.15, 0.2) is 5.58 Å². The van der Waals surface area contributed by atoms with Gasteiger partial charge in [-0.1, -0.05) is 36.4 Å². The number of aromatic nitrogens is 1. The number of fused-ring (bicyclic) bond motifs is 1. The van der Waals surface area contributed by atoms with Crippen LogP contribution in [0.3, 0.4) is 0 Å². The summed E-state index contributed by atoms with van der Waals surface area (Å²) >= 11 is 0. The molecule has 4 nitrogen and oxygen atoms in total.